The SMILES string of the molecule is Cc1ccc(Cn2cc(NC(=O)c3ccc(-c4ccc(C)cc4)o3)c3ccccc32)cc1. The molecule has 5 rings (SSSR count). The number of anilines is 1. The Morgan fingerprint density at radius 1 is 0.844 bits per heavy atom. The minimum atomic E-state index is -0.262. The number of amides is 1. The molecule has 0 aliphatic carbocycles. The summed E-state index contributed by atoms with van der Waals surface area (Å²) in [4.78, 5) is 12.9. The van der Waals surface area contributed by atoms with Gasteiger partial charge in [0.1, 0.15) is 5.76 Å². The Bertz CT molecular complexity index is 1390. The number of aromatic nitrogens is 1. The van der Waals surface area contributed by atoms with Crippen LogP contribution in [-0.4, -0.2) is 10.5 Å². The number of nitrogens with one attached hydrogen (secondary N) is 1. The zero-order chi connectivity index (χ0) is 22.1. The number of hydrogen-bond acceptors (Lipinski definition) is 2. The number of aryl methyl sites for hydroxylation is 2. The van der Waals surface area contributed by atoms with E-state index in [2.05, 4.69) is 47.1 Å². The highest BCUT2D eigenvalue weighted by molar-refractivity contribution is 6.08. The molecule has 1 N–H and O–H groups in total. The van der Waals surface area contributed by atoms with Crippen LogP contribution in [0.5, 0.6) is 0 Å². The van der Waals surface area contributed by atoms with Gasteiger partial charge in [0.25, 0.3) is 5.91 Å². The van der Waals surface area contributed by atoms with Crippen LogP contribution >= 0.6 is 0 Å². The molecule has 0 bridgehead atoms. The topological polar surface area (TPSA) is 47.2 Å². The molecule has 0 aliphatic heterocycles. The first-order chi connectivity index (χ1) is 15.6. The van der Waals surface area contributed by atoms with Crippen molar-refractivity contribution in [3.8, 4) is 11.3 Å². The number of carbonyl (C=O) groups excluding carboxylic acids is 1. The summed E-state index contributed by atoms with van der Waals surface area (Å²) in [6.45, 7) is 4.86. The lowest BCUT2D eigenvalue weighted by atomic mass is 10.1. The standard InChI is InChI=1S/C28H24N2O2/c1-19-7-11-21(12-8-19)17-30-18-24(23-5-3-4-6-25(23)30)29-28(31)27-16-15-26(32-27)22-13-9-20(2)10-14-22/h3-16,18H,17H2,1-2H3,(H,29,31). The average Bonchev–Trinajstić information content (AvgIpc) is 3.42. The smallest absolute Gasteiger partial charge is 0.291 e. The van der Waals surface area contributed by atoms with Crippen molar-refractivity contribution in [2.75, 3.05) is 5.32 Å². The summed E-state index contributed by atoms with van der Waals surface area (Å²) < 4.78 is 8.01. The third-order valence-electron chi connectivity index (χ3n) is 5.68. The first kappa shape index (κ1) is 19.9. The Morgan fingerprint density at radius 3 is 2.28 bits per heavy atom. The van der Waals surface area contributed by atoms with Crippen molar-refractivity contribution in [3.05, 3.63) is 114 Å². The van der Waals surface area contributed by atoms with E-state index in [1.165, 1.54) is 16.7 Å². The molecule has 0 saturated heterocycles. The van der Waals surface area contributed by atoms with Gasteiger partial charge in [-0.3, -0.25) is 4.79 Å². The van der Waals surface area contributed by atoms with Crippen LogP contribution < -0.4 is 5.32 Å². The van der Waals surface area contributed by atoms with E-state index in [0.717, 1.165) is 28.7 Å². The fourth-order valence-corrected chi connectivity index (χ4v) is 3.88. The summed E-state index contributed by atoms with van der Waals surface area (Å²) in [7, 11) is 0. The molecule has 0 saturated carbocycles. The molecule has 32 heavy (non-hydrogen) atoms. The van der Waals surface area contributed by atoms with E-state index in [4.69, 9.17) is 4.42 Å². The van der Waals surface area contributed by atoms with E-state index in [0.29, 0.717) is 5.76 Å². The van der Waals surface area contributed by atoms with Crippen LogP contribution in [0.15, 0.2) is 95.5 Å². The predicted molar refractivity (Wildman–Crippen MR) is 129 cm³/mol. The van der Waals surface area contributed by atoms with Crippen molar-refractivity contribution in [1.82, 2.24) is 4.57 Å². The molecule has 0 spiro atoms. The van der Waals surface area contributed by atoms with E-state index in [9.17, 15) is 4.79 Å². The van der Waals surface area contributed by atoms with Crippen LogP contribution in [0.2, 0.25) is 0 Å². The summed E-state index contributed by atoms with van der Waals surface area (Å²) >= 11 is 0. The Labute approximate surface area is 187 Å². The van der Waals surface area contributed by atoms with Gasteiger partial charge in [-0.25, -0.2) is 0 Å². The molecule has 4 heteroatoms. The normalized spacial score (nSPS) is 11.1. The lowest BCUT2D eigenvalue weighted by Gasteiger charge is -2.05. The molecule has 0 radical (unpaired) electrons. The summed E-state index contributed by atoms with van der Waals surface area (Å²) in [6.07, 6.45) is 1.99. The number of benzene rings is 3. The number of hydrogen-bond donors (Lipinski definition) is 1. The van der Waals surface area contributed by atoms with Crippen LogP contribution in [-0.2, 0) is 6.54 Å². The highest BCUT2D eigenvalue weighted by Gasteiger charge is 2.16. The van der Waals surface area contributed by atoms with Gasteiger partial charge in [-0.05, 0) is 37.6 Å². The lowest BCUT2D eigenvalue weighted by molar-refractivity contribution is 0.0997. The van der Waals surface area contributed by atoms with Gasteiger partial charge in [-0.2, -0.15) is 0 Å². The first-order valence-electron chi connectivity index (χ1n) is 10.7. The zero-order valence-corrected chi connectivity index (χ0v) is 18.1. The Hall–Kier alpha value is -4.05. The van der Waals surface area contributed by atoms with Gasteiger partial charge >= 0.3 is 0 Å². The molecule has 5 aromatic rings. The zero-order valence-electron chi connectivity index (χ0n) is 18.1. The minimum absolute atomic E-state index is 0.262. The quantitative estimate of drug-likeness (QED) is 0.339. The predicted octanol–water partition coefficient (Wildman–Crippen LogP) is 6.82. The van der Waals surface area contributed by atoms with Crippen molar-refractivity contribution < 1.29 is 9.21 Å². The van der Waals surface area contributed by atoms with Crippen LogP contribution in [0, 0.1) is 13.8 Å². The molecule has 2 heterocycles. The van der Waals surface area contributed by atoms with Crippen molar-refractivity contribution in [2.45, 2.75) is 20.4 Å². The van der Waals surface area contributed by atoms with Crippen molar-refractivity contribution in [3.63, 3.8) is 0 Å². The van der Waals surface area contributed by atoms with Crippen LogP contribution in [0.1, 0.15) is 27.2 Å². The maximum atomic E-state index is 12.9. The highest BCUT2D eigenvalue weighted by atomic mass is 16.3. The van der Waals surface area contributed by atoms with Gasteiger partial charge < -0.3 is 14.3 Å². The molecule has 0 fully saturated rings. The number of carbonyl (C=O) groups is 1. The Balaban J connectivity index is 1.41. The van der Waals surface area contributed by atoms with Gasteiger partial charge in [0.05, 0.1) is 11.2 Å². The second-order valence-corrected chi connectivity index (χ2v) is 8.16. The largest absolute Gasteiger partial charge is 0.451 e. The van der Waals surface area contributed by atoms with Crippen molar-refractivity contribution in [2.24, 2.45) is 0 Å². The van der Waals surface area contributed by atoms with Crippen molar-refractivity contribution >= 4 is 22.5 Å². The fourth-order valence-electron chi connectivity index (χ4n) is 3.88. The summed E-state index contributed by atoms with van der Waals surface area (Å²) in [6, 6.07) is 28.2. The molecule has 158 valence electrons. The fraction of sp³-hybridized carbons (Fsp3) is 0.107. The van der Waals surface area contributed by atoms with Crippen LogP contribution in [0.25, 0.3) is 22.2 Å². The van der Waals surface area contributed by atoms with Crippen LogP contribution in [0.4, 0.5) is 5.69 Å². The molecule has 4 nitrogen and oxygen atoms in total. The van der Waals surface area contributed by atoms with Crippen LogP contribution in [0.3, 0.4) is 0 Å². The summed E-state index contributed by atoms with van der Waals surface area (Å²) in [5, 5.41) is 4.04. The van der Waals surface area contributed by atoms with E-state index >= 15 is 0 Å². The third-order valence-corrected chi connectivity index (χ3v) is 5.68. The third kappa shape index (κ3) is 3.95. The number of nitrogens with zero attached hydrogens (tertiary/aromatic N) is 1. The first-order valence-corrected chi connectivity index (χ1v) is 10.7. The van der Waals surface area contributed by atoms with E-state index in [1.54, 1.807) is 6.07 Å². The Morgan fingerprint density at radius 2 is 1.53 bits per heavy atom. The van der Waals surface area contributed by atoms with Gasteiger partial charge in [-0.1, -0.05) is 77.9 Å². The molecule has 3 aromatic carbocycles. The summed E-state index contributed by atoms with van der Waals surface area (Å²) in [5.41, 5.74) is 6.42. The molecule has 2 aromatic heterocycles. The second kappa shape index (κ2) is 8.23. The monoisotopic (exact) mass is 420 g/mol. The molecule has 0 aliphatic rings. The van der Waals surface area contributed by atoms with E-state index in [-0.39, 0.29) is 11.7 Å². The molecule has 0 unspecified atom stereocenters. The number of furan rings is 1. The maximum absolute atomic E-state index is 12.9. The molecular formula is C28H24N2O2. The van der Waals surface area contributed by atoms with E-state index < -0.39 is 0 Å². The number of fused-ring (bicyclic) bond motifs is 1. The highest BCUT2D eigenvalue weighted by Crippen LogP contribution is 2.28. The maximum Gasteiger partial charge on any atom is 0.291 e. The lowest BCUT2D eigenvalue weighted by Crippen LogP contribution is -2.10. The van der Waals surface area contributed by atoms with Gasteiger partial charge in [0.15, 0.2) is 5.76 Å². The summed E-state index contributed by atoms with van der Waals surface area (Å²) in [5.74, 6) is 0.703. The molecule has 0 atom stereocenters. The van der Waals surface area contributed by atoms with Gasteiger partial charge in [-0.15, -0.1) is 0 Å². The number of para-hydroxylation sites is 1. The second-order valence-electron chi connectivity index (χ2n) is 8.16. The van der Waals surface area contributed by atoms with Gasteiger partial charge in [0, 0.05) is 23.7 Å². The van der Waals surface area contributed by atoms with Gasteiger partial charge in [0.2, 0.25) is 0 Å². The molecular weight excluding hydrogens is 396 g/mol. The van der Waals surface area contributed by atoms with E-state index in [1.807, 2.05) is 61.7 Å². The molecule has 1 amide bonds. The number of rotatable bonds is 5. The minimum Gasteiger partial charge on any atom is -0.451 e. The average molecular weight is 421 g/mol. The Kier molecular flexibility index (Phi) is 5.12. The van der Waals surface area contributed by atoms with Crippen molar-refractivity contribution in [1.29, 1.82) is 0 Å².